The van der Waals surface area contributed by atoms with Gasteiger partial charge in [-0.25, -0.2) is 9.71 Å². The molecule has 0 amide bonds. The summed E-state index contributed by atoms with van der Waals surface area (Å²) in [5.41, 5.74) is 0. The zero-order chi connectivity index (χ0) is 8.65. The van der Waals surface area contributed by atoms with E-state index < -0.39 is 0 Å². The van der Waals surface area contributed by atoms with Gasteiger partial charge in [-0.1, -0.05) is 0 Å². The first-order valence-corrected chi connectivity index (χ1v) is 4.57. The largest absolute Gasteiger partial charge is 0.311 e. The Bertz CT molecular complexity index is 92.9. The average Bonchev–Trinajstić information content (AvgIpc) is 2.81. The summed E-state index contributed by atoms with van der Waals surface area (Å²) >= 11 is 0. The predicted octanol–water partition coefficient (Wildman–Crippen LogP) is -0.141. The van der Waals surface area contributed by atoms with Gasteiger partial charge in [0.25, 0.3) is 0 Å². The van der Waals surface area contributed by atoms with Crippen molar-refractivity contribution in [1.82, 2.24) is 16.0 Å². The molecule has 71 valence electrons. The summed E-state index contributed by atoms with van der Waals surface area (Å²) in [6.45, 7) is 3.79. The van der Waals surface area contributed by atoms with Crippen LogP contribution in [0, 0.1) is 0 Å². The topological polar surface area (TPSA) is 38.2 Å². The Balaban J connectivity index is 0.000000127. The van der Waals surface area contributed by atoms with Gasteiger partial charge in [-0.15, -0.1) is 0 Å². The molecule has 2 N–H and O–H groups in total. The number of nitrogens with zero attached hydrogens (tertiary/aromatic N) is 1. The molecule has 0 aromatic carbocycles. The Morgan fingerprint density at radius 3 is 2.58 bits per heavy atom. The monoisotopic (exact) mass is 174 g/mol. The molecule has 0 aromatic rings. The fourth-order valence-corrected chi connectivity index (χ4v) is 1.28. The molecule has 2 heterocycles. The van der Waals surface area contributed by atoms with Crippen molar-refractivity contribution in [2.75, 3.05) is 33.0 Å². The Morgan fingerprint density at radius 1 is 1.42 bits per heavy atom. The van der Waals surface area contributed by atoms with Crippen molar-refractivity contribution in [1.29, 1.82) is 0 Å². The lowest BCUT2D eigenvalue weighted by atomic mass is 10.2. The van der Waals surface area contributed by atoms with E-state index in [1.54, 1.807) is 0 Å². The van der Waals surface area contributed by atoms with Crippen molar-refractivity contribution in [3.63, 3.8) is 0 Å². The molecule has 12 heavy (non-hydrogen) atoms. The summed E-state index contributed by atoms with van der Waals surface area (Å²) in [5.74, 6) is 0. The van der Waals surface area contributed by atoms with Gasteiger partial charge in [0.15, 0.2) is 0 Å². The molecule has 2 aliphatic rings. The quantitative estimate of drug-likeness (QED) is 0.580. The van der Waals surface area contributed by atoms with Crippen LogP contribution in [0.2, 0.25) is 0 Å². The van der Waals surface area contributed by atoms with Crippen LogP contribution in [0.5, 0.6) is 0 Å². The van der Waals surface area contributed by atoms with Gasteiger partial charge in [0, 0.05) is 19.1 Å². The van der Waals surface area contributed by atoms with Gasteiger partial charge in [-0.05, 0) is 19.4 Å². The number of halogens is 1. The third-order valence-corrected chi connectivity index (χ3v) is 2.02. The first-order valence-electron chi connectivity index (χ1n) is 4.57. The Hall–Kier alpha value is -0.190. The molecule has 2 saturated heterocycles. The maximum Gasteiger partial charge on any atom is 0.105 e. The zero-order valence-electron chi connectivity index (χ0n) is 7.35. The van der Waals surface area contributed by atoms with Gasteiger partial charge in [-0.3, -0.25) is 0 Å². The van der Waals surface area contributed by atoms with Crippen LogP contribution in [-0.4, -0.2) is 39.0 Å². The molecular formula is C8H17FN3. The molecule has 2 aliphatic heterocycles. The van der Waals surface area contributed by atoms with E-state index in [1.165, 1.54) is 0 Å². The summed E-state index contributed by atoms with van der Waals surface area (Å²) in [6, 6.07) is 0.181. The SMILES string of the molecule is C1CNC[N]1.FCC1CCCN1. The number of alkyl halides is 1. The first-order chi connectivity index (χ1) is 5.93. The molecular weight excluding hydrogens is 157 g/mol. The molecule has 0 aromatic heterocycles. The summed E-state index contributed by atoms with van der Waals surface area (Å²) < 4.78 is 11.6. The Morgan fingerprint density at radius 2 is 2.33 bits per heavy atom. The summed E-state index contributed by atoms with van der Waals surface area (Å²) in [4.78, 5) is 0. The minimum atomic E-state index is -0.194. The highest BCUT2D eigenvalue weighted by Gasteiger charge is 2.11. The van der Waals surface area contributed by atoms with E-state index in [9.17, 15) is 4.39 Å². The van der Waals surface area contributed by atoms with Crippen molar-refractivity contribution in [2.45, 2.75) is 18.9 Å². The Labute approximate surface area is 73.1 Å². The average molecular weight is 174 g/mol. The number of rotatable bonds is 1. The summed E-state index contributed by atoms with van der Waals surface area (Å²) in [5, 5.41) is 10.1. The second-order valence-corrected chi connectivity index (χ2v) is 3.05. The van der Waals surface area contributed by atoms with Crippen LogP contribution >= 0.6 is 0 Å². The van der Waals surface area contributed by atoms with Crippen LogP contribution in [0.1, 0.15) is 12.8 Å². The van der Waals surface area contributed by atoms with Crippen molar-refractivity contribution >= 4 is 0 Å². The fourth-order valence-electron chi connectivity index (χ4n) is 1.28. The standard InChI is InChI=1S/C5H10FN.C3H7N2/c6-4-5-2-1-3-7-5;1-2-5-3-4-1/h5,7H,1-4H2;4H,1-3H2. The van der Waals surface area contributed by atoms with Crippen molar-refractivity contribution in [3.8, 4) is 0 Å². The molecule has 1 unspecified atom stereocenters. The molecule has 0 aliphatic carbocycles. The number of nitrogens with one attached hydrogen (secondary N) is 2. The molecule has 3 nitrogen and oxygen atoms in total. The van der Waals surface area contributed by atoms with Crippen molar-refractivity contribution < 1.29 is 4.39 Å². The highest BCUT2D eigenvalue weighted by atomic mass is 19.1. The number of hydrogen-bond donors (Lipinski definition) is 2. The lowest BCUT2D eigenvalue weighted by Crippen LogP contribution is -2.22. The van der Waals surface area contributed by atoms with Crippen LogP contribution in [0.15, 0.2) is 0 Å². The second-order valence-electron chi connectivity index (χ2n) is 3.05. The Kier molecular flexibility index (Phi) is 5.23. The third kappa shape index (κ3) is 3.99. The van der Waals surface area contributed by atoms with Crippen molar-refractivity contribution in [3.05, 3.63) is 0 Å². The normalized spacial score (nSPS) is 28.2. The van der Waals surface area contributed by atoms with Crippen LogP contribution in [0.4, 0.5) is 4.39 Å². The van der Waals surface area contributed by atoms with E-state index in [4.69, 9.17) is 0 Å². The van der Waals surface area contributed by atoms with Crippen LogP contribution in [0.3, 0.4) is 0 Å². The maximum atomic E-state index is 11.6. The predicted molar refractivity (Wildman–Crippen MR) is 46.9 cm³/mol. The molecule has 0 spiro atoms. The molecule has 2 rings (SSSR count). The van der Waals surface area contributed by atoms with Crippen LogP contribution in [-0.2, 0) is 0 Å². The van der Waals surface area contributed by atoms with E-state index in [0.717, 1.165) is 39.1 Å². The van der Waals surface area contributed by atoms with Gasteiger partial charge in [-0.2, -0.15) is 0 Å². The molecule has 1 atom stereocenters. The van der Waals surface area contributed by atoms with Gasteiger partial charge >= 0.3 is 0 Å². The number of hydrogen-bond acceptors (Lipinski definition) is 2. The van der Waals surface area contributed by atoms with E-state index in [-0.39, 0.29) is 12.7 Å². The molecule has 4 heteroatoms. The van der Waals surface area contributed by atoms with Gasteiger partial charge < -0.3 is 10.6 Å². The van der Waals surface area contributed by atoms with Gasteiger partial charge in [0.1, 0.15) is 6.67 Å². The molecule has 0 bridgehead atoms. The smallest absolute Gasteiger partial charge is 0.105 e. The fraction of sp³-hybridized carbons (Fsp3) is 1.00. The van der Waals surface area contributed by atoms with E-state index in [1.807, 2.05) is 0 Å². The summed E-state index contributed by atoms with van der Waals surface area (Å²) in [7, 11) is 0. The van der Waals surface area contributed by atoms with E-state index in [0.29, 0.717) is 0 Å². The second kappa shape index (κ2) is 6.34. The minimum absolute atomic E-state index is 0.181. The zero-order valence-corrected chi connectivity index (χ0v) is 7.35. The van der Waals surface area contributed by atoms with Crippen molar-refractivity contribution in [2.24, 2.45) is 0 Å². The van der Waals surface area contributed by atoms with Gasteiger partial charge in [0.2, 0.25) is 0 Å². The molecule has 0 saturated carbocycles. The maximum absolute atomic E-state index is 11.6. The lowest BCUT2D eigenvalue weighted by Gasteiger charge is -1.99. The first kappa shape index (κ1) is 9.89. The molecule has 2 fully saturated rings. The third-order valence-electron chi connectivity index (χ3n) is 2.02. The van der Waals surface area contributed by atoms with Gasteiger partial charge in [0.05, 0.1) is 6.67 Å². The summed E-state index contributed by atoms with van der Waals surface area (Å²) in [6.07, 6.45) is 2.17. The minimum Gasteiger partial charge on any atom is -0.311 e. The lowest BCUT2D eigenvalue weighted by molar-refractivity contribution is 0.406. The van der Waals surface area contributed by atoms with Crippen LogP contribution in [0.25, 0.3) is 0 Å². The highest BCUT2D eigenvalue weighted by Crippen LogP contribution is 2.03. The highest BCUT2D eigenvalue weighted by molar-refractivity contribution is 4.72. The van der Waals surface area contributed by atoms with E-state index >= 15 is 0 Å². The molecule has 1 radical (unpaired) electrons. The van der Waals surface area contributed by atoms with Crippen LogP contribution < -0.4 is 16.0 Å². The van der Waals surface area contributed by atoms with E-state index in [2.05, 4.69) is 16.0 Å².